The molecule has 1 unspecified atom stereocenters. The average Bonchev–Trinajstić information content (AvgIpc) is 3.19. The van der Waals surface area contributed by atoms with E-state index in [4.69, 9.17) is 37.8 Å². The van der Waals surface area contributed by atoms with Gasteiger partial charge < -0.3 is 25.0 Å². The summed E-state index contributed by atoms with van der Waals surface area (Å²) in [6.07, 6.45) is -5.08. The lowest BCUT2D eigenvalue weighted by molar-refractivity contribution is -0.192. The minimum Gasteiger partial charge on any atom is -0.475 e. The molecule has 1 aliphatic carbocycles. The highest BCUT2D eigenvalue weighted by molar-refractivity contribution is 7.13. The van der Waals surface area contributed by atoms with E-state index in [0.29, 0.717) is 40.5 Å². The Morgan fingerprint density at radius 1 is 1.29 bits per heavy atom. The number of H-pyrrole nitrogens is 1. The smallest absolute Gasteiger partial charge is 0.475 e. The number of nitrogens with one attached hydrogen (secondary N) is 2. The van der Waals surface area contributed by atoms with Gasteiger partial charge in [0.2, 0.25) is 0 Å². The summed E-state index contributed by atoms with van der Waals surface area (Å²) in [5.74, 6) is -2.65. The first kappa shape index (κ1) is 26.1. The number of ether oxygens (including phenoxy) is 1. The number of aryl methyl sites for hydroxylation is 1. The quantitative estimate of drug-likeness (QED) is 0.491. The van der Waals surface area contributed by atoms with Gasteiger partial charge in [-0.2, -0.15) is 13.2 Å². The molecule has 2 aliphatic rings. The van der Waals surface area contributed by atoms with Crippen molar-refractivity contribution < 1.29 is 37.4 Å². The molecule has 2 aromatic rings. The number of rotatable bonds is 5. The van der Waals surface area contributed by atoms with Crippen LogP contribution in [0.1, 0.15) is 33.6 Å². The molecule has 2 aromatic heterocycles. The summed E-state index contributed by atoms with van der Waals surface area (Å²) in [6.45, 7) is 5.46. The molecule has 0 aromatic carbocycles. The molecule has 1 amide bonds. The molecule has 15 heteroatoms. The summed E-state index contributed by atoms with van der Waals surface area (Å²) in [7, 11) is 0. The fourth-order valence-electron chi connectivity index (χ4n) is 3.56. The van der Waals surface area contributed by atoms with Crippen LogP contribution in [0, 0.1) is 18.8 Å². The molecule has 0 bridgehead atoms. The number of hydrogen-bond acceptors (Lipinski definition) is 7. The van der Waals surface area contributed by atoms with E-state index in [1.165, 1.54) is 11.3 Å². The zero-order valence-electron chi connectivity index (χ0n) is 17.7. The molecular formula is C19H19Cl2F3N4O5S. The Balaban J connectivity index is 0.000000406. The number of carboxylic acid groups (broad SMARTS) is 1. The summed E-state index contributed by atoms with van der Waals surface area (Å²) in [5, 5.41) is 13.3. The van der Waals surface area contributed by atoms with Gasteiger partial charge in [0.05, 0.1) is 16.7 Å². The van der Waals surface area contributed by atoms with E-state index in [1.54, 1.807) is 19.2 Å². The lowest BCUT2D eigenvalue weighted by Crippen LogP contribution is -2.34. The number of thiazole rings is 1. The number of aromatic nitrogens is 2. The van der Waals surface area contributed by atoms with E-state index in [1.807, 2.05) is 0 Å². The second-order valence-corrected chi connectivity index (χ2v) is 9.12. The Kier molecular flexibility index (Phi) is 7.68. The van der Waals surface area contributed by atoms with Crippen LogP contribution in [0.5, 0.6) is 0 Å². The van der Waals surface area contributed by atoms with E-state index >= 15 is 0 Å². The topological polar surface area (TPSA) is 125 Å². The van der Waals surface area contributed by atoms with Gasteiger partial charge in [-0.3, -0.25) is 4.79 Å². The Hall–Kier alpha value is -2.51. The second kappa shape index (κ2) is 10.0. The van der Waals surface area contributed by atoms with E-state index in [-0.39, 0.29) is 17.0 Å². The van der Waals surface area contributed by atoms with Crippen LogP contribution in [-0.2, 0) is 9.53 Å². The normalized spacial score (nSPS) is 20.8. The highest BCUT2D eigenvalue weighted by Gasteiger charge is 2.57. The summed E-state index contributed by atoms with van der Waals surface area (Å²) < 4.78 is 36.7. The van der Waals surface area contributed by atoms with Crippen molar-refractivity contribution in [2.45, 2.75) is 26.1 Å². The standard InChI is InChI=1S/C17H18Cl2N4O3S.C2HF3O2/c1-3-26-16(25)10-6-27-17(21-10)23-4-8-9(5-23)13(8)22-15(24)14-12(19)11(18)7(2)20-14;3-2(4,5)1(6)7/h6,8-9,13,20H,3-5H2,1-2H3,(H,22,24);(H,6,7)/t8-,9+,13?;. The molecule has 0 radical (unpaired) electrons. The minimum atomic E-state index is -5.08. The van der Waals surface area contributed by atoms with E-state index < -0.39 is 18.1 Å². The molecule has 1 saturated heterocycles. The van der Waals surface area contributed by atoms with Gasteiger partial charge in [-0.15, -0.1) is 11.3 Å². The number of anilines is 1. The van der Waals surface area contributed by atoms with Crippen LogP contribution in [-0.4, -0.2) is 64.8 Å². The molecule has 3 heterocycles. The van der Waals surface area contributed by atoms with Crippen LogP contribution in [0.2, 0.25) is 10.0 Å². The maximum atomic E-state index is 12.4. The van der Waals surface area contributed by atoms with Crippen molar-refractivity contribution in [1.29, 1.82) is 0 Å². The molecule has 3 N–H and O–H groups in total. The number of nitrogens with zero attached hydrogens (tertiary/aromatic N) is 2. The first-order valence-electron chi connectivity index (χ1n) is 9.87. The monoisotopic (exact) mass is 542 g/mol. The number of carbonyl (C=O) groups excluding carboxylic acids is 2. The summed E-state index contributed by atoms with van der Waals surface area (Å²) in [4.78, 5) is 42.5. The lowest BCUT2D eigenvalue weighted by atomic mass is 10.3. The van der Waals surface area contributed by atoms with Gasteiger partial charge in [0, 0.05) is 42.0 Å². The van der Waals surface area contributed by atoms with Crippen LogP contribution in [0.15, 0.2) is 5.38 Å². The van der Waals surface area contributed by atoms with Gasteiger partial charge in [0.1, 0.15) is 5.69 Å². The Bertz CT molecular complexity index is 1090. The Labute approximate surface area is 205 Å². The molecule has 3 atom stereocenters. The highest BCUT2D eigenvalue weighted by atomic mass is 35.5. The van der Waals surface area contributed by atoms with E-state index in [0.717, 1.165) is 18.2 Å². The largest absolute Gasteiger partial charge is 0.490 e. The van der Waals surface area contributed by atoms with Crippen LogP contribution in [0.25, 0.3) is 0 Å². The van der Waals surface area contributed by atoms with Crippen molar-refractivity contribution in [2.24, 2.45) is 11.8 Å². The van der Waals surface area contributed by atoms with Crippen molar-refractivity contribution in [3.05, 3.63) is 32.5 Å². The zero-order chi connectivity index (χ0) is 25.4. The third-order valence-electron chi connectivity index (χ3n) is 5.26. The fourth-order valence-corrected chi connectivity index (χ4v) is 4.79. The predicted octanol–water partition coefficient (Wildman–Crippen LogP) is 3.76. The van der Waals surface area contributed by atoms with Gasteiger partial charge in [0.25, 0.3) is 5.91 Å². The number of esters is 1. The number of carbonyl (C=O) groups is 3. The number of halogens is 5. The van der Waals surface area contributed by atoms with Gasteiger partial charge in [0.15, 0.2) is 10.8 Å². The number of amides is 1. The van der Waals surface area contributed by atoms with Gasteiger partial charge >= 0.3 is 18.1 Å². The number of alkyl halides is 3. The van der Waals surface area contributed by atoms with Crippen LogP contribution in [0.3, 0.4) is 0 Å². The van der Waals surface area contributed by atoms with Crippen molar-refractivity contribution in [3.8, 4) is 0 Å². The molecule has 186 valence electrons. The summed E-state index contributed by atoms with van der Waals surface area (Å²) >= 11 is 13.6. The second-order valence-electron chi connectivity index (χ2n) is 7.52. The van der Waals surface area contributed by atoms with E-state index in [9.17, 15) is 22.8 Å². The number of aromatic amines is 1. The number of carboxylic acids is 1. The lowest BCUT2D eigenvalue weighted by Gasteiger charge is -2.19. The van der Waals surface area contributed by atoms with Crippen LogP contribution < -0.4 is 10.2 Å². The molecule has 2 fully saturated rings. The molecule has 1 aliphatic heterocycles. The number of aliphatic carboxylic acids is 1. The molecule has 4 rings (SSSR count). The summed E-state index contributed by atoms with van der Waals surface area (Å²) in [6, 6.07) is 0.122. The van der Waals surface area contributed by atoms with Crippen LogP contribution in [0.4, 0.5) is 18.3 Å². The summed E-state index contributed by atoms with van der Waals surface area (Å²) in [5.41, 5.74) is 1.33. The van der Waals surface area contributed by atoms with Crippen molar-refractivity contribution in [1.82, 2.24) is 15.3 Å². The zero-order valence-corrected chi connectivity index (χ0v) is 20.0. The molecule has 0 spiro atoms. The molecule has 34 heavy (non-hydrogen) atoms. The number of hydrogen-bond donors (Lipinski definition) is 3. The van der Waals surface area contributed by atoms with Crippen LogP contribution >= 0.6 is 34.5 Å². The molecule has 1 saturated carbocycles. The van der Waals surface area contributed by atoms with Crippen molar-refractivity contribution in [2.75, 3.05) is 24.6 Å². The first-order valence-corrected chi connectivity index (χ1v) is 11.5. The first-order chi connectivity index (χ1) is 15.8. The fraction of sp³-hybridized carbons (Fsp3) is 0.474. The van der Waals surface area contributed by atoms with Crippen molar-refractivity contribution >= 4 is 57.5 Å². The predicted molar refractivity (Wildman–Crippen MR) is 118 cm³/mol. The maximum absolute atomic E-state index is 12.4. The highest BCUT2D eigenvalue weighted by Crippen LogP contribution is 2.47. The third kappa shape index (κ3) is 5.58. The average molecular weight is 543 g/mol. The van der Waals surface area contributed by atoms with Gasteiger partial charge in [-0.05, 0) is 13.8 Å². The van der Waals surface area contributed by atoms with Gasteiger partial charge in [-0.25, -0.2) is 14.6 Å². The number of piperidine rings is 1. The minimum absolute atomic E-state index is 0.122. The Morgan fingerprint density at radius 3 is 2.35 bits per heavy atom. The van der Waals surface area contributed by atoms with Crippen molar-refractivity contribution in [3.63, 3.8) is 0 Å². The van der Waals surface area contributed by atoms with E-state index in [2.05, 4.69) is 20.2 Å². The molecular weight excluding hydrogens is 524 g/mol. The number of fused-ring (bicyclic) bond motifs is 1. The third-order valence-corrected chi connectivity index (χ3v) is 7.11. The molecule has 9 nitrogen and oxygen atoms in total. The van der Waals surface area contributed by atoms with Gasteiger partial charge in [-0.1, -0.05) is 23.2 Å². The Morgan fingerprint density at radius 2 is 1.88 bits per heavy atom. The maximum Gasteiger partial charge on any atom is 0.490 e. The SMILES string of the molecule is CCOC(=O)c1csc(N2C[C@@H]3C(NC(=O)c4[nH]c(C)c(Cl)c4Cl)[C@@H]3C2)n1.O=C(O)C(F)(F)F.